The molecule has 30 heavy (non-hydrogen) atoms. The zero-order chi connectivity index (χ0) is 20.9. The van der Waals surface area contributed by atoms with Crippen LogP contribution in [0.5, 0.6) is 5.75 Å². The van der Waals surface area contributed by atoms with E-state index in [2.05, 4.69) is 53.3 Å². The second-order valence-corrected chi connectivity index (χ2v) is 7.98. The van der Waals surface area contributed by atoms with Gasteiger partial charge >= 0.3 is 0 Å². The van der Waals surface area contributed by atoms with Gasteiger partial charge in [0, 0.05) is 23.1 Å². The summed E-state index contributed by atoms with van der Waals surface area (Å²) in [6.45, 7) is 8.35. The number of nitrogens with zero attached hydrogens (tertiary/aromatic N) is 1. The van der Waals surface area contributed by atoms with E-state index in [1.165, 1.54) is 11.1 Å². The van der Waals surface area contributed by atoms with Crippen molar-refractivity contribution in [2.24, 2.45) is 4.99 Å². The van der Waals surface area contributed by atoms with Crippen molar-refractivity contribution in [2.45, 2.75) is 46.0 Å². The third-order valence-corrected chi connectivity index (χ3v) is 5.69. The fourth-order valence-electron chi connectivity index (χ4n) is 3.65. The highest BCUT2D eigenvalue weighted by Gasteiger charge is 2.16. The molecule has 0 amide bonds. The summed E-state index contributed by atoms with van der Waals surface area (Å²) in [6.07, 6.45) is 4.18. The molecule has 2 aliphatic rings. The minimum absolute atomic E-state index is 0.238. The first kappa shape index (κ1) is 20.3. The summed E-state index contributed by atoms with van der Waals surface area (Å²) in [5, 5.41) is 13.6. The van der Waals surface area contributed by atoms with E-state index < -0.39 is 0 Å². The maximum atomic E-state index is 6.09. The molecule has 0 radical (unpaired) electrons. The summed E-state index contributed by atoms with van der Waals surface area (Å²) in [5.74, 6) is 1.78. The van der Waals surface area contributed by atoms with Crippen molar-refractivity contribution >= 4 is 17.2 Å². The van der Waals surface area contributed by atoms with E-state index in [1.54, 1.807) is 0 Å². The Bertz CT molecular complexity index is 929. The minimum atomic E-state index is -0.238. The van der Waals surface area contributed by atoms with Crippen molar-refractivity contribution in [3.8, 4) is 5.75 Å². The number of hydrogen-bond acceptors (Lipinski definition) is 6. The molecule has 1 atom stereocenters. The molecule has 0 bridgehead atoms. The van der Waals surface area contributed by atoms with Crippen molar-refractivity contribution in [1.29, 1.82) is 0 Å². The first-order valence-electron chi connectivity index (χ1n) is 10.7. The van der Waals surface area contributed by atoms with Crippen molar-refractivity contribution in [3.63, 3.8) is 0 Å². The van der Waals surface area contributed by atoms with Crippen LogP contribution in [0.2, 0.25) is 0 Å². The van der Waals surface area contributed by atoms with Gasteiger partial charge in [0.05, 0.1) is 0 Å². The summed E-state index contributed by atoms with van der Waals surface area (Å²) in [7, 11) is 0. The maximum absolute atomic E-state index is 6.09. The van der Waals surface area contributed by atoms with Gasteiger partial charge in [-0.2, -0.15) is 0 Å². The molecule has 6 heteroatoms. The topological polar surface area (TPSA) is 69.7 Å². The Morgan fingerprint density at radius 2 is 1.77 bits per heavy atom. The average molecular weight is 406 g/mol. The van der Waals surface area contributed by atoms with Crippen molar-refractivity contribution < 1.29 is 4.74 Å². The Balaban J connectivity index is 1.39. The van der Waals surface area contributed by atoms with Gasteiger partial charge in [0.25, 0.3) is 0 Å². The minimum Gasteiger partial charge on any atom is -0.490 e. The molecule has 6 nitrogen and oxygen atoms in total. The van der Waals surface area contributed by atoms with Gasteiger partial charge in [-0.15, -0.1) is 0 Å². The number of rotatable bonds is 5. The van der Waals surface area contributed by atoms with E-state index in [0.29, 0.717) is 6.10 Å². The molecule has 1 fully saturated rings. The van der Waals surface area contributed by atoms with Crippen LogP contribution in [-0.4, -0.2) is 31.3 Å². The number of aryl methyl sites for hydroxylation is 1. The van der Waals surface area contributed by atoms with Gasteiger partial charge in [0.2, 0.25) is 0 Å². The van der Waals surface area contributed by atoms with Crippen LogP contribution in [0.1, 0.15) is 30.9 Å². The number of anilines is 2. The molecular formula is C24H31N5O. The maximum Gasteiger partial charge on any atom is 0.196 e. The van der Waals surface area contributed by atoms with Crippen LogP contribution in [0.4, 0.5) is 11.4 Å². The molecule has 2 aromatic rings. The SMILES string of the molecule is CC1=CNC(Nc2ccc(OC3CCNCC3)cc2)N=C1Nc1cccc(C)c1C. The van der Waals surface area contributed by atoms with Crippen molar-refractivity contribution in [1.82, 2.24) is 10.6 Å². The first-order valence-corrected chi connectivity index (χ1v) is 10.7. The normalized spacial score (nSPS) is 19.4. The summed E-state index contributed by atoms with van der Waals surface area (Å²) in [6, 6.07) is 14.4. The Morgan fingerprint density at radius 3 is 2.53 bits per heavy atom. The summed E-state index contributed by atoms with van der Waals surface area (Å²) in [5.41, 5.74) is 5.65. The van der Waals surface area contributed by atoms with E-state index in [-0.39, 0.29) is 6.29 Å². The lowest BCUT2D eigenvalue weighted by atomic mass is 10.1. The van der Waals surface area contributed by atoms with Gasteiger partial charge in [0.1, 0.15) is 17.7 Å². The largest absolute Gasteiger partial charge is 0.490 e. The number of benzene rings is 2. The lowest BCUT2D eigenvalue weighted by Crippen LogP contribution is -2.37. The number of nitrogens with one attached hydrogen (secondary N) is 4. The number of amidine groups is 1. The highest BCUT2D eigenvalue weighted by molar-refractivity contribution is 6.08. The third-order valence-electron chi connectivity index (χ3n) is 5.69. The van der Waals surface area contributed by atoms with Crippen LogP contribution in [0.15, 0.2) is 59.2 Å². The van der Waals surface area contributed by atoms with Crippen LogP contribution in [0, 0.1) is 13.8 Å². The van der Waals surface area contributed by atoms with Crippen LogP contribution in [0.25, 0.3) is 0 Å². The number of ether oxygens (including phenoxy) is 1. The van der Waals surface area contributed by atoms with Crippen LogP contribution in [0.3, 0.4) is 0 Å². The third kappa shape index (κ3) is 4.94. The van der Waals surface area contributed by atoms with Gasteiger partial charge < -0.3 is 26.0 Å². The quantitative estimate of drug-likeness (QED) is 0.602. The monoisotopic (exact) mass is 405 g/mol. The molecule has 2 aliphatic heterocycles. The molecule has 158 valence electrons. The van der Waals surface area contributed by atoms with Crippen LogP contribution >= 0.6 is 0 Å². The molecule has 1 saturated heterocycles. The van der Waals surface area contributed by atoms with E-state index in [0.717, 1.165) is 54.5 Å². The predicted molar refractivity (Wildman–Crippen MR) is 124 cm³/mol. The number of aliphatic imine (C=N–C) groups is 1. The number of hydrogen-bond donors (Lipinski definition) is 4. The number of piperidine rings is 1. The van der Waals surface area contributed by atoms with E-state index in [4.69, 9.17) is 9.73 Å². The van der Waals surface area contributed by atoms with Gasteiger partial charge in [0.15, 0.2) is 6.29 Å². The van der Waals surface area contributed by atoms with Gasteiger partial charge in [-0.1, -0.05) is 12.1 Å². The van der Waals surface area contributed by atoms with Gasteiger partial charge in [-0.05, 0) is 88.2 Å². The van der Waals surface area contributed by atoms with Gasteiger partial charge in [-0.3, -0.25) is 0 Å². The predicted octanol–water partition coefficient (Wildman–Crippen LogP) is 4.15. The lowest BCUT2D eigenvalue weighted by Gasteiger charge is -2.25. The zero-order valence-electron chi connectivity index (χ0n) is 18.0. The molecular weight excluding hydrogens is 374 g/mol. The van der Waals surface area contributed by atoms with E-state index in [1.807, 2.05) is 37.4 Å². The molecule has 4 N–H and O–H groups in total. The Labute approximate surface area is 178 Å². The van der Waals surface area contributed by atoms with Crippen molar-refractivity contribution in [2.75, 3.05) is 23.7 Å². The van der Waals surface area contributed by atoms with Gasteiger partial charge in [-0.25, -0.2) is 4.99 Å². The van der Waals surface area contributed by atoms with E-state index >= 15 is 0 Å². The summed E-state index contributed by atoms with van der Waals surface area (Å²) >= 11 is 0. The molecule has 0 aromatic heterocycles. The standard InChI is InChI=1S/C24H31N5O/c1-16-5-4-6-22(18(16)3)28-23-17(2)15-26-24(29-23)27-19-7-9-20(10-8-19)30-21-11-13-25-14-12-21/h4-10,15,21,24-27H,11-14H2,1-3H3,(H,28,29). The van der Waals surface area contributed by atoms with Crippen LogP contribution in [-0.2, 0) is 0 Å². The molecule has 2 aromatic carbocycles. The second kappa shape index (κ2) is 9.22. The highest BCUT2D eigenvalue weighted by atomic mass is 16.5. The van der Waals surface area contributed by atoms with E-state index in [9.17, 15) is 0 Å². The Morgan fingerprint density at radius 1 is 1.00 bits per heavy atom. The zero-order valence-corrected chi connectivity index (χ0v) is 18.0. The molecule has 1 unspecified atom stereocenters. The average Bonchev–Trinajstić information content (AvgIpc) is 2.76. The molecule has 4 rings (SSSR count). The van der Waals surface area contributed by atoms with Crippen molar-refractivity contribution in [3.05, 3.63) is 65.4 Å². The molecule has 2 heterocycles. The lowest BCUT2D eigenvalue weighted by molar-refractivity contribution is 0.162. The Kier molecular flexibility index (Phi) is 6.23. The first-order chi connectivity index (χ1) is 14.6. The molecule has 0 spiro atoms. The molecule has 0 saturated carbocycles. The highest BCUT2D eigenvalue weighted by Crippen LogP contribution is 2.22. The summed E-state index contributed by atoms with van der Waals surface area (Å²) in [4.78, 5) is 4.82. The van der Waals surface area contributed by atoms with Crippen LogP contribution < -0.4 is 26.0 Å². The second-order valence-electron chi connectivity index (χ2n) is 7.98. The summed E-state index contributed by atoms with van der Waals surface area (Å²) < 4.78 is 6.09. The molecule has 0 aliphatic carbocycles. The smallest absolute Gasteiger partial charge is 0.196 e. The fourth-order valence-corrected chi connectivity index (χ4v) is 3.65. The Hall–Kier alpha value is -2.99. The fraction of sp³-hybridized carbons (Fsp3) is 0.375.